The molecule has 1 atom stereocenters. The Morgan fingerprint density at radius 3 is 3.00 bits per heavy atom. The summed E-state index contributed by atoms with van der Waals surface area (Å²) in [4.78, 5) is 14.2. The van der Waals surface area contributed by atoms with Gasteiger partial charge in [0.2, 0.25) is 5.91 Å². The Labute approximate surface area is 121 Å². The summed E-state index contributed by atoms with van der Waals surface area (Å²) in [6, 6.07) is 5.82. The highest BCUT2D eigenvalue weighted by molar-refractivity contribution is 9.10. The van der Waals surface area contributed by atoms with Crippen LogP contribution in [0.2, 0.25) is 0 Å². The summed E-state index contributed by atoms with van der Waals surface area (Å²) in [6.45, 7) is 3.55. The third kappa shape index (κ3) is 3.28. The molecule has 2 N–H and O–H groups in total. The van der Waals surface area contributed by atoms with E-state index in [9.17, 15) is 9.90 Å². The largest absolute Gasteiger partial charge is 0.396 e. The van der Waals surface area contributed by atoms with E-state index >= 15 is 0 Å². The van der Waals surface area contributed by atoms with E-state index in [-0.39, 0.29) is 18.6 Å². The lowest BCUT2D eigenvalue weighted by Gasteiger charge is -2.31. The number of amides is 1. The Kier molecular flexibility index (Phi) is 4.82. The molecule has 1 aliphatic rings. The highest BCUT2D eigenvalue weighted by Gasteiger charge is 2.28. The number of aliphatic hydroxyl groups excluding tert-OH is 1. The van der Waals surface area contributed by atoms with Crippen molar-refractivity contribution in [1.29, 1.82) is 0 Å². The van der Waals surface area contributed by atoms with E-state index in [1.165, 1.54) is 5.56 Å². The average molecular weight is 327 g/mol. The summed E-state index contributed by atoms with van der Waals surface area (Å²) in [7, 11) is 0. The zero-order chi connectivity index (χ0) is 13.8. The van der Waals surface area contributed by atoms with Gasteiger partial charge in [-0.1, -0.05) is 6.07 Å². The fourth-order valence-electron chi connectivity index (χ4n) is 2.42. The van der Waals surface area contributed by atoms with E-state index in [1.807, 2.05) is 25.1 Å². The molecule has 1 unspecified atom stereocenters. The Morgan fingerprint density at radius 2 is 2.32 bits per heavy atom. The van der Waals surface area contributed by atoms with Crippen LogP contribution in [0.4, 0.5) is 5.69 Å². The van der Waals surface area contributed by atoms with Gasteiger partial charge < -0.3 is 15.3 Å². The van der Waals surface area contributed by atoms with Crippen LogP contribution in [0.25, 0.3) is 0 Å². The van der Waals surface area contributed by atoms with Gasteiger partial charge in [0.05, 0.1) is 5.69 Å². The smallest absolute Gasteiger partial charge is 0.242 e. The average Bonchev–Trinajstić information content (AvgIpc) is 2.54. The first-order valence-electron chi connectivity index (χ1n) is 6.55. The van der Waals surface area contributed by atoms with Crippen molar-refractivity contribution >= 4 is 27.5 Å². The molecule has 1 aromatic rings. The third-order valence-corrected chi connectivity index (χ3v) is 4.00. The standard InChI is InChI=1S/C14H19BrN2O2/c1-10-3-4-12(11(15)9-10)17-7-2-6-16-14(19)13(17)5-8-18/h3-4,9,13,18H,2,5-8H2,1H3,(H,16,19). The molecule has 19 heavy (non-hydrogen) atoms. The van der Waals surface area contributed by atoms with Crippen molar-refractivity contribution in [2.24, 2.45) is 0 Å². The highest BCUT2D eigenvalue weighted by atomic mass is 79.9. The van der Waals surface area contributed by atoms with E-state index in [1.54, 1.807) is 0 Å². The van der Waals surface area contributed by atoms with Gasteiger partial charge in [0.15, 0.2) is 0 Å². The van der Waals surface area contributed by atoms with Crippen molar-refractivity contribution in [2.75, 3.05) is 24.6 Å². The van der Waals surface area contributed by atoms with Crippen LogP contribution in [0.3, 0.4) is 0 Å². The summed E-state index contributed by atoms with van der Waals surface area (Å²) < 4.78 is 0.991. The fourth-order valence-corrected chi connectivity index (χ4v) is 3.14. The SMILES string of the molecule is Cc1ccc(N2CCCNC(=O)C2CCO)c(Br)c1. The lowest BCUT2D eigenvalue weighted by molar-refractivity contribution is -0.122. The lowest BCUT2D eigenvalue weighted by atomic mass is 10.1. The van der Waals surface area contributed by atoms with E-state index in [4.69, 9.17) is 0 Å². The maximum absolute atomic E-state index is 12.1. The number of nitrogens with zero attached hydrogens (tertiary/aromatic N) is 1. The lowest BCUT2D eigenvalue weighted by Crippen LogP contribution is -2.45. The molecule has 1 aliphatic heterocycles. The summed E-state index contributed by atoms with van der Waals surface area (Å²) in [5.74, 6) is -0.000903. The van der Waals surface area contributed by atoms with Crippen molar-refractivity contribution in [1.82, 2.24) is 5.32 Å². The quantitative estimate of drug-likeness (QED) is 0.891. The number of hydrogen-bond donors (Lipinski definition) is 2. The van der Waals surface area contributed by atoms with E-state index < -0.39 is 0 Å². The van der Waals surface area contributed by atoms with Gasteiger partial charge in [0, 0.05) is 24.2 Å². The van der Waals surface area contributed by atoms with Gasteiger partial charge in [0.25, 0.3) is 0 Å². The molecule has 5 heteroatoms. The first-order chi connectivity index (χ1) is 9.13. The van der Waals surface area contributed by atoms with Crippen molar-refractivity contribution in [2.45, 2.75) is 25.8 Å². The molecule has 0 spiro atoms. The normalized spacial score (nSPS) is 20.1. The molecule has 1 amide bonds. The summed E-state index contributed by atoms with van der Waals surface area (Å²) in [5.41, 5.74) is 2.19. The van der Waals surface area contributed by atoms with Crippen LogP contribution in [-0.2, 0) is 4.79 Å². The minimum atomic E-state index is -0.300. The second-order valence-electron chi connectivity index (χ2n) is 4.82. The van der Waals surface area contributed by atoms with Crippen LogP contribution >= 0.6 is 15.9 Å². The van der Waals surface area contributed by atoms with E-state index in [0.29, 0.717) is 13.0 Å². The zero-order valence-electron chi connectivity index (χ0n) is 11.0. The number of carbonyl (C=O) groups excluding carboxylic acids is 1. The number of aryl methyl sites for hydroxylation is 1. The van der Waals surface area contributed by atoms with Crippen molar-refractivity contribution in [3.8, 4) is 0 Å². The molecule has 104 valence electrons. The van der Waals surface area contributed by atoms with Crippen LogP contribution in [0, 0.1) is 6.92 Å². The van der Waals surface area contributed by atoms with E-state index in [0.717, 1.165) is 23.1 Å². The Morgan fingerprint density at radius 1 is 1.53 bits per heavy atom. The highest BCUT2D eigenvalue weighted by Crippen LogP contribution is 2.30. The molecule has 1 fully saturated rings. The van der Waals surface area contributed by atoms with E-state index in [2.05, 4.69) is 26.1 Å². The van der Waals surface area contributed by atoms with Crippen molar-refractivity contribution < 1.29 is 9.90 Å². The van der Waals surface area contributed by atoms with Crippen LogP contribution < -0.4 is 10.2 Å². The van der Waals surface area contributed by atoms with Crippen molar-refractivity contribution in [3.05, 3.63) is 28.2 Å². The maximum atomic E-state index is 12.1. The molecule has 0 aliphatic carbocycles. The van der Waals surface area contributed by atoms with Gasteiger partial charge in [0.1, 0.15) is 6.04 Å². The van der Waals surface area contributed by atoms with Crippen molar-refractivity contribution in [3.63, 3.8) is 0 Å². The monoisotopic (exact) mass is 326 g/mol. The number of rotatable bonds is 3. The van der Waals surface area contributed by atoms with Gasteiger partial charge >= 0.3 is 0 Å². The first kappa shape index (κ1) is 14.3. The minimum absolute atomic E-state index is 0.000903. The van der Waals surface area contributed by atoms with Gasteiger partial charge in [-0.05, 0) is 53.4 Å². The number of nitrogens with one attached hydrogen (secondary N) is 1. The molecule has 0 radical (unpaired) electrons. The molecule has 0 aromatic heterocycles. The minimum Gasteiger partial charge on any atom is -0.396 e. The summed E-state index contributed by atoms with van der Waals surface area (Å²) >= 11 is 3.57. The van der Waals surface area contributed by atoms with Crippen LogP contribution in [0.15, 0.2) is 22.7 Å². The number of aliphatic hydroxyl groups is 1. The molecule has 0 bridgehead atoms. The number of hydrogen-bond acceptors (Lipinski definition) is 3. The molecule has 2 rings (SSSR count). The van der Waals surface area contributed by atoms with Crippen LogP contribution in [-0.4, -0.2) is 36.8 Å². The number of anilines is 1. The van der Waals surface area contributed by atoms with Gasteiger partial charge in [-0.25, -0.2) is 0 Å². The van der Waals surface area contributed by atoms with Gasteiger partial charge in [-0.3, -0.25) is 4.79 Å². The molecule has 1 aromatic carbocycles. The third-order valence-electron chi connectivity index (χ3n) is 3.37. The summed E-state index contributed by atoms with van der Waals surface area (Å²) in [5, 5.41) is 12.1. The first-order valence-corrected chi connectivity index (χ1v) is 7.34. The Bertz CT molecular complexity index is 465. The topological polar surface area (TPSA) is 52.6 Å². The fraction of sp³-hybridized carbons (Fsp3) is 0.500. The van der Waals surface area contributed by atoms with Gasteiger partial charge in [-0.15, -0.1) is 0 Å². The van der Waals surface area contributed by atoms with Crippen LogP contribution in [0.1, 0.15) is 18.4 Å². The zero-order valence-corrected chi connectivity index (χ0v) is 12.6. The molecular weight excluding hydrogens is 308 g/mol. The second-order valence-corrected chi connectivity index (χ2v) is 5.68. The predicted molar refractivity (Wildman–Crippen MR) is 79.3 cm³/mol. The Hall–Kier alpha value is -1.07. The maximum Gasteiger partial charge on any atom is 0.242 e. The number of carbonyl (C=O) groups is 1. The molecule has 1 saturated heterocycles. The number of benzene rings is 1. The van der Waals surface area contributed by atoms with Gasteiger partial charge in [-0.2, -0.15) is 0 Å². The second kappa shape index (κ2) is 6.39. The predicted octanol–water partition coefficient (Wildman–Crippen LogP) is 1.83. The summed E-state index contributed by atoms with van der Waals surface area (Å²) in [6.07, 6.45) is 1.36. The molecule has 1 heterocycles. The number of halogens is 1. The van der Waals surface area contributed by atoms with Crippen LogP contribution in [0.5, 0.6) is 0 Å². The molecule has 4 nitrogen and oxygen atoms in total. The Balaban J connectivity index is 2.34. The molecule has 0 saturated carbocycles. The molecular formula is C14H19BrN2O2.